The molecule has 0 N–H and O–H groups in total. The third-order valence-electron chi connectivity index (χ3n) is 2.64. The molecule has 2 rings (SSSR count). The topological polar surface area (TPSA) is 35.5 Å². The van der Waals surface area contributed by atoms with E-state index in [1.165, 1.54) is 0 Å². The van der Waals surface area contributed by atoms with Gasteiger partial charge in [0.2, 0.25) is 0 Å². The number of Topliss-reactive ketones (excluding diaryl/α,β-unsaturated/α-hetero) is 1. The molecule has 1 aliphatic rings. The van der Waals surface area contributed by atoms with E-state index in [9.17, 15) is 22.4 Å². The summed E-state index contributed by atoms with van der Waals surface area (Å²) in [6, 6.07) is 2.15. The summed E-state index contributed by atoms with van der Waals surface area (Å²) in [4.78, 5) is 11.7. The summed E-state index contributed by atoms with van der Waals surface area (Å²) in [5, 5.41) is 0. The second-order valence-corrected chi connectivity index (χ2v) is 3.99. The smallest absolute Gasteiger partial charge is 0.350 e. The fourth-order valence-corrected chi connectivity index (χ4v) is 1.71. The maximum atomic E-state index is 13.1. The van der Waals surface area contributed by atoms with Crippen LogP contribution in [-0.4, -0.2) is 25.3 Å². The molecule has 0 amide bonds. The highest BCUT2D eigenvalue weighted by Crippen LogP contribution is 2.32. The number of hydrogen-bond acceptors (Lipinski definition) is 3. The molecule has 3 nitrogen and oxygen atoms in total. The van der Waals surface area contributed by atoms with Crippen LogP contribution in [0, 0.1) is 5.82 Å². The van der Waals surface area contributed by atoms with E-state index >= 15 is 0 Å². The number of hydrogen-bond donors (Lipinski definition) is 0. The zero-order chi connectivity index (χ0) is 14.0. The lowest BCUT2D eigenvalue weighted by Gasteiger charge is -2.11. The highest BCUT2D eigenvalue weighted by Gasteiger charge is 2.35. The van der Waals surface area contributed by atoms with Crippen LogP contribution in [0.15, 0.2) is 18.2 Å². The number of rotatable bonds is 3. The van der Waals surface area contributed by atoms with Crippen LogP contribution in [0.2, 0.25) is 0 Å². The Kier molecular flexibility index (Phi) is 3.86. The van der Waals surface area contributed by atoms with Gasteiger partial charge in [-0.3, -0.25) is 4.79 Å². The Morgan fingerprint density at radius 3 is 2.47 bits per heavy atom. The van der Waals surface area contributed by atoms with Gasteiger partial charge in [-0.25, -0.2) is 4.39 Å². The van der Waals surface area contributed by atoms with Crippen LogP contribution in [0.1, 0.15) is 22.3 Å². The van der Waals surface area contributed by atoms with Crippen molar-refractivity contribution in [3.63, 3.8) is 0 Å². The maximum absolute atomic E-state index is 13.1. The highest BCUT2D eigenvalue weighted by molar-refractivity contribution is 5.96. The van der Waals surface area contributed by atoms with E-state index in [1.54, 1.807) is 0 Å². The molecule has 0 radical (unpaired) electrons. The van der Waals surface area contributed by atoms with Crippen molar-refractivity contribution >= 4 is 5.78 Å². The highest BCUT2D eigenvalue weighted by atomic mass is 19.4. The fraction of sp³-hybridized carbons (Fsp3) is 0.417. The van der Waals surface area contributed by atoms with Crippen LogP contribution in [0.5, 0.6) is 0 Å². The zero-order valence-corrected chi connectivity index (χ0v) is 9.67. The Morgan fingerprint density at radius 1 is 1.26 bits per heavy atom. The average Bonchev–Trinajstić information content (AvgIpc) is 2.80. The van der Waals surface area contributed by atoms with Gasteiger partial charge in [-0.15, -0.1) is 0 Å². The lowest BCUT2D eigenvalue weighted by atomic mass is 10.0. The van der Waals surface area contributed by atoms with Crippen molar-refractivity contribution in [1.29, 1.82) is 0 Å². The predicted molar refractivity (Wildman–Crippen MR) is 56.0 cm³/mol. The fourth-order valence-electron chi connectivity index (χ4n) is 1.71. The minimum atomic E-state index is -4.83. The van der Waals surface area contributed by atoms with Gasteiger partial charge >= 0.3 is 6.18 Å². The number of carbonyl (C=O) groups is 1. The minimum absolute atomic E-state index is 0.192. The number of halogens is 4. The van der Waals surface area contributed by atoms with Crippen LogP contribution < -0.4 is 0 Å². The molecule has 1 heterocycles. The first-order valence-electron chi connectivity index (χ1n) is 5.51. The number of alkyl halides is 3. The predicted octanol–water partition coefficient (Wildman–Crippen LogP) is 2.79. The molecule has 0 aliphatic carbocycles. The van der Waals surface area contributed by atoms with E-state index in [0.29, 0.717) is 25.3 Å². The summed E-state index contributed by atoms with van der Waals surface area (Å²) in [5.74, 6) is -1.99. The van der Waals surface area contributed by atoms with Gasteiger partial charge < -0.3 is 9.47 Å². The molecule has 0 saturated carbocycles. The van der Waals surface area contributed by atoms with E-state index in [4.69, 9.17) is 9.47 Å². The van der Waals surface area contributed by atoms with Gasteiger partial charge in [0.15, 0.2) is 12.1 Å². The first-order chi connectivity index (χ1) is 8.88. The molecule has 0 bridgehead atoms. The van der Waals surface area contributed by atoms with E-state index in [-0.39, 0.29) is 12.0 Å². The van der Waals surface area contributed by atoms with Gasteiger partial charge in [0, 0.05) is 5.56 Å². The molecule has 1 aliphatic heterocycles. The first kappa shape index (κ1) is 14.0. The average molecular weight is 278 g/mol. The monoisotopic (exact) mass is 278 g/mol. The lowest BCUT2D eigenvalue weighted by Crippen LogP contribution is -2.16. The maximum Gasteiger partial charge on any atom is 0.419 e. The van der Waals surface area contributed by atoms with Crippen LogP contribution in [0.4, 0.5) is 17.6 Å². The molecule has 1 aromatic carbocycles. The van der Waals surface area contributed by atoms with Crippen LogP contribution in [0.25, 0.3) is 0 Å². The Labute approximate surface area is 106 Å². The summed E-state index contributed by atoms with van der Waals surface area (Å²) in [6.07, 6.45) is -5.77. The van der Waals surface area contributed by atoms with Crippen molar-refractivity contribution < 1.29 is 31.8 Å². The Hall–Kier alpha value is -1.47. The largest absolute Gasteiger partial charge is 0.419 e. The van der Waals surface area contributed by atoms with Gasteiger partial charge in [-0.1, -0.05) is 0 Å². The molecule has 0 spiro atoms. The van der Waals surface area contributed by atoms with E-state index < -0.39 is 29.6 Å². The molecule has 1 aromatic rings. The Bertz CT molecular complexity index is 478. The molecule has 104 valence electrons. The molecule has 0 aromatic heterocycles. The molecular formula is C12H10F4O3. The third kappa shape index (κ3) is 3.30. The number of carbonyl (C=O) groups excluding carboxylic acids is 1. The second-order valence-electron chi connectivity index (χ2n) is 3.99. The van der Waals surface area contributed by atoms with Gasteiger partial charge in [0.25, 0.3) is 0 Å². The van der Waals surface area contributed by atoms with Crippen LogP contribution >= 0.6 is 0 Å². The molecule has 0 atom stereocenters. The summed E-state index contributed by atoms with van der Waals surface area (Å²) < 4.78 is 60.6. The SMILES string of the molecule is O=C(CC1OCCO1)c1ccc(F)c(C(F)(F)F)c1. The lowest BCUT2D eigenvalue weighted by molar-refractivity contribution is -0.140. The van der Waals surface area contributed by atoms with Gasteiger partial charge in [0.1, 0.15) is 5.82 Å². The minimum Gasteiger partial charge on any atom is -0.350 e. The van der Waals surface area contributed by atoms with Crippen molar-refractivity contribution in [3.8, 4) is 0 Å². The molecule has 1 fully saturated rings. The van der Waals surface area contributed by atoms with Crippen molar-refractivity contribution in [1.82, 2.24) is 0 Å². The van der Waals surface area contributed by atoms with Gasteiger partial charge in [0.05, 0.1) is 25.2 Å². The Balaban J connectivity index is 2.18. The first-order valence-corrected chi connectivity index (χ1v) is 5.51. The normalized spacial score (nSPS) is 16.8. The number of benzene rings is 1. The van der Waals surface area contributed by atoms with Crippen LogP contribution in [0.3, 0.4) is 0 Å². The summed E-state index contributed by atoms with van der Waals surface area (Å²) >= 11 is 0. The van der Waals surface area contributed by atoms with Gasteiger partial charge in [-0.2, -0.15) is 13.2 Å². The zero-order valence-electron chi connectivity index (χ0n) is 9.67. The molecule has 7 heteroatoms. The summed E-state index contributed by atoms with van der Waals surface area (Å²) in [5.41, 5.74) is -1.67. The summed E-state index contributed by atoms with van der Waals surface area (Å²) in [6.45, 7) is 0.685. The quantitative estimate of drug-likeness (QED) is 0.630. The van der Waals surface area contributed by atoms with Crippen molar-refractivity contribution in [2.75, 3.05) is 13.2 Å². The molecule has 19 heavy (non-hydrogen) atoms. The Morgan fingerprint density at radius 2 is 1.89 bits per heavy atom. The van der Waals surface area contributed by atoms with E-state index in [0.717, 1.165) is 6.07 Å². The molecule has 0 unspecified atom stereocenters. The standard InChI is InChI=1S/C12H10F4O3/c13-9-2-1-7(5-8(9)12(14,15)16)10(17)6-11-18-3-4-19-11/h1-2,5,11H,3-4,6H2. The second kappa shape index (κ2) is 5.26. The molecule has 1 saturated heterocycles. The van der Waals surface area contributed by atoms with Gasteiger partial charge in [-0.05, 0) is 18.2 Å². The molecular weight excluding hydrogens is 268 g/mol. The third-order valence-corrected chi connectivity index (χ3v) is 2.64. The van der Waals surface area contributed by atoms with E-state index in [2.05, 4.69) is 0 Å². The number of ketones is 1. The number of ether oxygens (including phenoxy) is 2. The van der Waals surface area contributed by atoms with E-state index in [1.807, 2.05) is 0 Å². The van der Waals surface area contributed by atoms with Crippen molar-refractivity contribution in [3.05, 3.63) is 35.1 Å². The van der Waals surface area contributed by atoms with Crippen LogP contribution in [-0.2, 0) is 15.7 Å². The summed E-state index contributed by atoms with van der Waals surface area (Å²) in [7, 11) is 0. The van der Waals surface area contributed by atoms with Crippen molar-refractivity contribution in [2.45, 2.75) is 18.9 Å². The van der Waals surface area contributed by atoms with Crippen molar-refractivity contribution in [2.24, 2.45) is 0 Å².